The van der Waals surface area contributed by atoms with Gasteiger partial charge in [-0.1, -0.05) is 25.0 Å². The van der Waals surface area contributed by atoms with Crippen LogP contribution in [0.2, 0.25) is 0 Å². The zero-order valence-corrected chi connectivity index (χ0v) is 14.6. The van der Waals surface area contributed by atoms with Crippen molar-refractivity contribution >= 4 is 18.3 Å². The lowest BCUT2D eigenvalue weighted by Gasteiger charge is -2.29. The lowest BCUT2D eigenvalue weighted by atomic mass is 9.78. The highest BCUT2D eigenvalue weighted by atomic mass is 35.5. The number of benzene rings is 1. The number of hydrogen-bond acceptors (Lipinski definition) is 3. The van der Waals surface area contributed by atoms with Crippen LogP contribution in [0.25, 0.3) is 0 Å². The molecule has 3 rings (SSSR count). The Bertz CT molecular complexity index is 524. The molecule has 128 valence electrons. The molecule has 0 bridgehead atoms. The van der Waals surface area contributed by atoms with Gasteiger partial charge >= 0.3 is 0 Å². The molecule has 1 aromatic carbocycles. The summed E-state index contributed by atoms with van der Waals surface area (Å²) in [6.45, 7) is 1.81. The molecule has 1 saturated heterocycles. The zero-order valence-electron chi connectivity index (χ0n) is 13.8. The molecule has 1 heterocycles. The van der Waals surface area contributed by atoms with Gasteiger partial charge in [-0.25, -0.2) is 0 Å². The summed E-state index contributed by atoms with van der Waals surface area (Å²) >= 11 is 0. The molecule has 2 N–H and O–H groups in total. The van der Waals surface area contributed by atoms with Gasteiger partial charge in [0.1, 0.15) is 5.75 Å². The summed E-state index contributed by atoms with van der Waals surface area (Å²) in [5.74, 6) is 1.01. The molecule has 1 atom stereocenters. The minimum Gasteiger partial charge on any atom is -0.497 e. The molecule has 23 heavy (non-hydrogen) atoms. The van der Waals surface area contributed by atoms with Gasteiger partial charge in [-0.2, -0.15) is 0 Å². The van der Waals surface area contributed by atoms with Crippen molar-refractivity contribution in [1.29, 1.82) is 0 Å². The van der Waals surface area contributed by atoms with Gasteiger partial charge in [0, 0.05) is 12.6 Å². The lowest BCUT2D eigenvalue weighted by molar-refractivity contribution is -0.126. The predicted octanol–water partition coefficient (Wildman–Crippen LogP) is 2.80. The summed E-state index contributed by atoms with van der Waals surface area (Å²) in [4.78, 5) is 12.9. The lowest BCUT2D eigenvalue weighted by Crippen LogP contribution is -2.46. The van der Waals surface area contributed by atoms with Crippen LogP contribution in [-0.4, -0.2) is 32.1 Å². The second-order valence-corrected chi connectivity index (χ2v) is 6.52. The number of rotatable bonds is 5. The molecule has 4 nitrogen and oxygen atoms in total. The predicted molar refractivity (Wildman–Crippen MR) is 94.4 cm³/mol. The Morgan fingerprint density at radius 2 is 2.13 bits per heavy atom. The quantitative estimate of drug-likeness (QED) is 0.868. The van der Waals surface area contributed by atoms with E-state index in [9.17, 15) is 4.79 Å². The Morgan fingerprint density at radius 1 is 1.35 bits per heavy atom. The van der Waals surface area contributed by atoms with Crippen molar-refractivity contribution in [2.45, 2.75) is 50.0 Å². The van der Waals surface area contributed by atoms with E-state index in [0.717, 1.165) is 56.5 Å². The smallest absolute Gasteiger partial charge is 0.230 e. The fourth-order valence-electron chi connectivity index (χ4n) is 3.86. The summed E-state index contributed by atoms with van der Waals surface area (Å²) in [5.41, 5.74) is 0.730. The minimum absolute atomic E-state index is 0. The van der Waals surface area contributed by atoms with Crippen molar-refractivity contribution in [1.82, 2.24) is 10.6 Å². The SMILES string of the molecule is COc1cccc(C2(C(=O)NCC3CCCN3)CCCC2)c1.Cl. The maximum absolute atomic E-state index is 12.9. The molecule has 1 unspecified atom stereocenters. The molecule has 2 fully saturated rings. The third-order valence-corrected chi connectivity index (χ3v) is 5.19. The van der Waals surface area contributed by atoms with E-state index >= 15 is 0 Å². The van der Waals surface area contributed by atoms with Gasteiger partial charge in [-0.3, -0.25) is 4.79 Å². The Balaban J connectivity index is 0.00000192. The van der Waals surface area contributed by atoms with Crippen molar-refractivity contribution in [3.05, 3.63) is 29.8 Å². The van der Waals surface area contributed by atoms with Gasteiger partial charge in [0.15, 0.2) is 0 Å². The van der Waals surface area contributed by atoms with E-state index in [2.05, 4.69) is 16.7 Å². The van der Waals surface area contributed by atoms with Crippen LogP contribution >= 0.6 is 12.4 Å². The number of amides is 1. The van der Waals surface area contributed by atoms with Crippen LogP contribution < -0.4 is 15.4 Å². The summed E-state index contributed by atoms with van der Waals surface area (Å²) in [6, 6.07) is 8.46. The fourth-order valence-corrected chi connectivity index (χ4v) is 3.86. The van der Waals surface area contributed by atoms with E-state index in [-0.39, 0.29) is 23.7 Å². The molecule has 1 aromatic rings. The van der Waals surface area contributed by atoms with Gasteiger partial charge < -0.3 is 15.4 Å². The topological polar surface area (TPSA) is 50.4 Å². The van der Waals surface area contributed by atoms with Crippen LogP contribution in [0.15, 0.2) is 24.3 Å². The standard InChI is InChI=1S/C18H26N2O2.ClH/c1-22-16-8-4-6-14(12-16)18(9-2-3-10-18)17(21)20-13-15-7-5-11-19-15;/h4,6,8,12,15,19H,2-3,5,7,9-11,13H2,1H3,(H,20,21);1H. The molecule has 1 saturated carbocycles. The van der Waals surface area contributed by atoms with Crippen LogP contribution in [0.1, 0.15) is 44.1 Å². The molecule has 1 amide bonds. The molecular formula is C18H27ClN2O2. The van der Waals surface area contributed by atoms with Crippen molar-refractivity contribution in [2.75, 3.05) is 20.2 Å². The largest absolute Gasteiger partial charge is 0.497 e. The van der Waals surface area contributed by atoms with Gasteiger partial charge in [0.25, 0.3) is 0 Å². The first-order valence-corrected chi connectivity index (χ1v) is 8.41. The molecule has 0 radical (unpaired) electrons. The van der Waals surface area contributed by atoms with E-state index in [1.54, 1.807) is 7.11 Å². The first kappa shape index (κ1) is 18.1. The van der Waals surface area contributed by atoms with Crippen LogP contribution in [0.4, 0.5) is 0 Å². The number of ether oxygens (including phenoxy) is 1. The summed E-state index contributed by atoms with van der Waals surface area (Å²) in [6.07, 6.45) is 6.47. The number of nitrogens with one attached hydrogen (secondary N) is 2. The molecule has 5 heteroatoms. The van der Waals surface area contributed by atoms with Crippen LogP contribution in [0.3, 0.4) is 0 Å². The molecule has 1 aliphatic carbocycles. The molecule has 0 aromatic heterocycles. The molecule has 0 spiro atoms. The maximum atomic E-state index is 12.9. The second kappa shape index (κ2) is 8.02. The summed E-state index contributed by atoms with van der Waals surface area (Å²) < 4.78 is 5.34. The van der Waals surface area contributed by atoms with Crippen molar-refractivity contribution < 1.29 is 9.53 Å². The van der Waals surface area contributed by atoms with Crippen LogP contribution in [0.5, 0.6) is 5.75 Å². The van der Waals surface area contributed by atoms with Gasteiger partial charge in [-0.05, 0) is 49.9 Å². The first-order valence-electron chi connectivity index (χ1n) is 8.41. The van der Waals surface area contributed by atoms with Gasteiger partial charge in [0.2, 0.25) is 5.91 Å². The minimum atomic E-state index is -0.368. The fraction of sp³-hybridized carbons (Fsp3) is 0.611. The normalized spacial score (nSPS) is 22.4. The number of carbonyl (C=O) groups excluding carboxylic acids is 1. The first-order chi connectivity index (χ1) is 10.7. The van der Waals surface area contributed by atoms with E-state index in [1.165, 1.54) is 6.42 Å². The Hall–Kier alpha value is -1.26. The number of methoxy groups -OCH3 is 1. The Kier molecular flexibility index (Phi) is 6.31. The number of carbonyl (C=O) groups is 1. The molecule has 1 aliphatic heterocycles. The monoisotopic (exact) mass is 338 g/mol. The second-order valence-electron chi connectivity index (χ2n) is 6.52. The maximum Gasteiger partial charge on any atom is 0.230 e. The average molecular weight is 339 g/mol. The average Bonchev–Trinajstić information content (AvgIpc) is 3.24. The van der Waals surface area contributed by atoms with Gasteiger partial charge in [-0.15, -0.1) is 12.4 Å². The highest BCUT2D eigenvalue weighted by molar-refractivity contribution is 5.88. The van der Waals surface area contributed by atoms with Crippen LogP contribution in [0, 0.1) is 0 Å². The number of hydrogen-bond donors (Lipinski definition) is 2. The summed E-state index contributed by atoms with van der Waals surface area (Å²) in [7, 11) is 1.67. The Labute approximate surface area is 144 Å². The van der Waals surface area contributed by atoms with E-state index < -0.39 is 0 Å². The highest BCUT2D eigenvalue weighted by Gasteiger charge is 2.42. The third-order valence-electron chi connectivity index (χ3n) is 5.19. The highest BCUT2D eigenvalue weighted by Crippen LogP contribution is 2.42. The number of halogens is 1. The third kappa shape index (κ3) is 3.81. The summed E-state index contributed by atoms with van der Waals surface area (Å²) in [5, 5.41) is 6.64. The molecule has 2 aliphatic rings. The van der Waals surface area contributed by atoms with Crippen molar-refractivity contribution in [3.8, 4) is 5.75 Å². The van der Waals surface area contributed by atoms with Crippen LogP contribution in [-0.2, 0) is 10.2 Å². The van der Waals surface area contributed by atoms with Crippen molar-refractivity contribution in [3.63, 3.8) is 0 Å². The Morgan fingerprint density at radius 3 is 2.78 bits per heavy atom. The van der Waals surface area contributed by atoms with Gasteiger partial charge in [0.05, 0.1) is 12.5 Å². The van der Waals surface area contributed by atoms with E-state index in [4.69, 9.17) is 4.74 Å². The van der Waals surface area contributed by atoms with E-state index in [1.807, 2.05) is 18.2 Å². The van der Waals surface area contributed by atoms with Crippen molar-refractivity contribution in [2.24, 2.45) is 0 Å². The zero-order chi connectivity index (χ0) is 15.4. The molecular weight excluding hydrogens is 312 g/mol. The van der Waals surface area contributed by atoms with E-state index in [0.29, 0.717) is 6.04 Å².